The molecule has 0 aliphatic rings. The number of hydrogen-bond donors (Lipinski definition) is 3. The number of amides is 2. The highest BCUT2D eigenvalue weighted by molar-refractivity contribution is 7.11. The average molecular weight is 318 g/mol. The summed E-state index contributed by atoms with van der Waals surface area (Å²) in [6.07, 6.45) is 2.07. The van der Waals surface area contributed by atoms with Crippen molar-refractivity contribution in [3.05, 3.63) is 45.4 Å². The molecular formula is C16H22N4OS. The molecule has 6 heteroatoms. The van der Waals surface area contributed by atoms with Gasteiger partial charge in [-0.3, -0.25) is 0 Å². The topological polar surface area (TPSA) is 80.0 Å². The molecule has 1 heterocycles. The summed E-state index contributed by atoms with van der Waals surface area (Å²) in [7, 11) is 0. The summed E-state index contributed by atoms with van der Waals surface area (Å²) in [5.41, 5.74) is 8.32. The van der Waals surface area contributed by atoms with Crippen LogP contribution in [-0.2, 0) is 19.5 Å². The van der Waals surface area contributed by atoms with Gasteiger partial charge in [-0.1, -0.05) is 19.1 Å². The van der Waals surface area contributed by atoms with Gasteiger partial charge in [-0.05, 0) is 37.5 Å². The van der Waals surface area contributed by atoms with Crippen molar-refractivity contribution in [3.8, 4) is 0 Å². The summed E-state index contributed by atoms with van der Waals surface area (Å²) < 4.78 is 0. The third-order valence-electron chi connectivity index (χ3n) is 3.23. The molecule has 22 heavy (non-hydrogen) atoms. The molecule has 4 N–H and O–H groups in total. The number of nitrogens with one attached hydrogen (secondary N) is 2. The number of urea groups is 1. The molecule has 1 aromatic heterocycles. The fourth-order valence-corrected chi connectivity index (χ4v) is 3.20. The molecule has 2 amide bonds. The molecule has 0 unspecified atom stereocenters. The summed E-state index contributed by atoms with van der Waals surface area (Å²) >= 11 is 1.67. The molecule has 0 saturated heterocycles. The number of aryl methyl sites for hydroxylation is 2. The van der Waals surface area contributed by atoms with Crippen LogP contribution in [0.3, 0.4) is 0 Å². The minimum atomic E-state index is -0.223. The van der Waals surface area contributed by atoms with Gasteiger partial charge >= 0.3 is 6.03 Å². The van der Waals surface area contributed by atoms with Crippen LogP contribution in [0.25, 0.3) is 0 Å². The van der Waals surface area contributed by atoms with Crippen molar-refractivity contribution >= 4 is 23.1 Å². The first-order valence-corrected chi connectivity index (χ1v) is 8.23. The van der Waals surface area contributed by atoms with Crippen LogP contribution < -0.4 is 16.4 Å². The summed E-state index contributed by atoms with van der Waals surface area (Å²) in [5.74, 6) is 0. The minimum Gasteiger partial charge on any atom is -0.333 e. The van der Waals surface area contributed by atoms with Crippen LogP contribution >= 0.6 is 11.3 Å². The van der Waals surface area contributed by atoms with E-state index in [9.17, 15) is 4.79 Å². The van der Waals surface area contributed by atoms with E-state index in [0.29, 0.717) is 13.1 Å². The van der Waals surface area contributed by atoms with Crippen molar-refractivity contribution in [2.75, 3.05) is 5.32 Å². The number of nitrogens with zero attached hydrogens (tertiary/aromatic N) is 1. The molecule has 0 spiro atoms. The Morgan fingerprint density at radius 3 is 2.95 bits per heavy atom. The van der Waals surface area contributed by atoms with Gasteiger partial charge in [0.15, 0.2) is 0 Å². The zero-order chi connectivity index (χ0) is 15.9. The number of carbonyl (C=O) groups excluding carboxylic acids is 1. The fraction of sp³-hybridized carbons (Fsp3) is 0.375. The molecule has 0 atom stereocenters. The number of nitrogens with two attached hydrogens (primary N) is 1. The predicted molar refractivity (Wildman–Crippen MR) is 91.0 cm³/mol. The number of thiazole rings is 1. The first-order valence-electron chi connectivity index (χ1n) is 7.41. The Labute approximate surface area is 135 Å². The Morgan fingerprint density at radius 1 is 1.41 bits per heavy atom. The molecule has 0 bridgehead atoms. The number of benzene rings is 1. The smallest absolute Gasteiger partial charge is 0.319 e. The fourth-order valence-electron chi connectivity index (χ4n) is 2.08. The van der Waals surface area contributed by atoms with E-state index in [1.165, 1.54) is 0 Å². The van der Waals surface area contributed by atoms with E-state index in [2.05, 4.69) is 22.5 Å². The van der Waals surface area contributed by atoms with Gasteiger partial charge in [-0.2, -0.15) is 0 Å². The Morgan fingerprint density at radius 2 is 2.23 bits per heavy atom. The van der Waals surface area contributed by atoms with E-state index in [-0.39, 0.29) is 6.03 Å². The van der Waals surface area contributed by atoms with Gasteiger partial charge in [0.05, 0.1) is 17.2 Å². The van der Waals surface area contributed by atoms with Crippen molar-refractivity contribution in [3.63, 3.8) is 0 Å². The molecule has 118 valence electrons. The quantitative estimate of drug-likeness (QED) is 0.765. The van der Waals surface area contributed by atoms with Crippen LogP contribution in [0.15, 0.2) is 24.3 Å². The number of anilines is 1. The maximum Gasteiger partial charge on any atom is 0.319 e. The number of aromatic nitrogens is 1. The largest absolute Gasteiger partial charge is 0.333 e. The Bertz CT molecular complexity index is 639. The average Bonchev–Trinajstić information content (AvgIpc) is 2.85. The van der Waals surface area contributed by atoms with Crippen LogP contribution in [0.2, 0.25) is 0 Å². The van der Waals surface area contributed by atoms with Crippen molar-refractivity contribution in [1.29, 1.82) is 0 Å². The highest BCUT2D eigenvalue weighted by Crippen LogP contribution is 2.19. The van der Waals surface area contributed by atoms with E-state index in [0.717, 1.165) is 39.7 Å². The van der Waals surface area contributed by atoms with E-state index < -0.39 is 0 Å². The lowest BCUT2D eigenvalue weighted by atomic mass is 10.2. The van der Waals surface area contributed by atoms with Crippen LogP contribution in [0.5, 0.6) is 0 Å². The molecule has 0 aliphatic carbocycles. The second-order valence-electron chi connectivity index (χ2n) is 5.08. The van der Waals surface area contributed by atoms with E-state index >= 15 is 0 Å². The first-order chi connectivity index (χ1) is 10.6. The summed E-state index contributed by atoms with van der Waals surface area (Å²) in [4.78, 5) is 17.6. The second kappa shape index (κ2) is 7.91. The number of carbonyl (C=O) groups is 1. The van der Waals surface area contributed by atoms with E-state index in [4.69, 9.17) is 5.73 Å². The van der Waals surface area contributed by atoms with Crippen LogP contribution in [0.1, 0.15) is 34.5 Å². The van der Waals surface area contributed by atoms with Crippen molar-refractivity contribution in [2.45, 2.75) is 39.8 Å². The lowest BCUT2D eigenvalue weighted by molar-refractivity contribution is 0.252. The molecule has 2 aromatic rings. The zero-order valence-corrected chi connectivity index (χ0v) is 13.8. The van der Waals surface area contributed by atoms with Gasteiger partial charge in [0, 0.05) is 17.1 Å². The second-order valence-corrected chi connectivity index (χ2v) is 6.25. The summed E-state index contributed by atoms with van der Waals surface area (Å²) in [5, 5.41) is 6.82. The summed E-state index contributed by atoms with van der Waals surface area (Å²) in [6, 6.07) is 7.30. The molecule has 0 aliphatic heterocycles. The van der Waals surface area contributed by atoms with Crippen LogP contribution in [-0.4, -0.2) is 11.0 Å². The standard InChI is InChI=1S/C16H22N4OS/c1-3-5-15-19-11(2)14(22-15)10-18-16(21)20-13-7-4-6-12(8-13)9-17/h4,6-8H,3,5,9-10,17H2,1-2H3,(H2,18,20,21). The molecule has 0 fully saturated rings. The molecule has 0 saturated carbocycles. The molecule has 0 radical (unpaired) electrons. The van der Waals surface area contributed by atoms with Crippen LogP contribution in [0, 0.1) is 6.92 Å². The third-order valence-corrected chi connectivity index (χ3v) is 4.45. The lowest BCUT2D eigenvalue weighted by Gasteiger charge is -2.08. The highest BCUT2D eigenvalue weighted by atomic mass is 32.1. The number of rotatable bonds is 6. The SMILES string of the molecule is CCCc1nc(C)c(CNC(=O)Nc2cccc(CN)c2)s1. The van der Waals surface area contributed by atoms with Gasteiger partial charge in [0.2, 0.25) is 0 Å². The van der Waals surface area contributed by atoms with Crippen molar-refractivity contribution in [2.24, 2.45) is 5.73 Å². The predicted octanol–water partition coefficient (Wildman–Crippen LogP) is 3.18. The molecule has 1 aromatic carbocycles. The third kappa shape index (κ3) is 4.54. The van der Waals surface area contributed by atoms with E-state index in [1.807, 2.05) is 31.2 Å². The zero-order valence-electron chi connectivity index (χ0n) is 13.0. The Hall–Kier alpha value is -1.92. The Kier molecular flexibility index (Phi) is 5.91. The molecule has 2 rings (SSSR count). The van der Waals surface area contributed by atoms with Gasteiger partial charge in [0.1, 0.15) is 0 Å². The van der Waals surface area contributed by atoms with Crippen LogP contribution in [0.4, 0.5) is 10.5 Å². The van der Waals surface area contributed by atoms with Crippen molar-refractivity contribution < 1.29 is 4.79 Å². The first kappa shape index (κ1) is 16.5. The highest BCUT2D eigenvalue weighted by Gasteiger charge is 2.09. The monoisotopic (exact) mass is 318 g/mol. The van der Waals surface area contributed by atoms with Gasteiger partial charge in [0.25, 0.3) is 0 Å². The van der Waals surface area contributed by atoms with E-state index in [1.54, 1.807) is 11.3 Å². The molecular weight excluding hydrogens is 296 g/mol. The minimum absolute atomic E-state index is 0.223. The normalized spacial score (nSPS) is 10.5. The lowest BCUT2D eigenvalue weighted by Crippen LogP contribution is -2.28. The maximum atomic E-state index is 12.0. The van der Waals surface area contributed by atoms with Crippen molar-refractivity contribution in [1.82, 2.24) is 10.3 Å². The maximum absolute atomic E-state index is 12.0. The number of hydrogen-bond acceptors (Lipinski definition) is 4. The van der Waals surface area contributed by atoms with Gasteiger partial charge < -0.3 is 16.4 Å². The summed E-state index contributed by atoms with van der Waals surface area (Å²) in [6.45, 7) is 5.07. The van der Waals surface area contributed by atoms with Gasteiger partial charge in [-0.25, -0.2) is 9.78 Å². The molecule has 5 nitrogen and oxygen atoms in total. The van der Waals surface area contributed by atoms with Gasteiger partial charge in [-0.15, -0.1) is 11.3 Å². The Balaban J connectivity index is 1.89.